The van der Waals surface area contributed by atoms with Gasteiger partial charge in [-0.3, -0.25) is 0 Å². The number of hydrogen-bond donors (Lipinski definition) is 1. The van der Waals surface area contributed by atoms with Gasteiger partial charge in [-0.2, -0.15) is 0 Å². The summed E-state index contributed by atoms with van der Waals surface area (Å²) in [6, 6.07) is 5.06. The largest absolute Gasteiger partial charge is 0.365 e. The monoisotopic (exact) mass is 236 g/mol. The molecule has 94 valence electrons. The molecular formula is C14H21FN2. The molecule has 0 aliphatic rings. The first-order chi connectivity index (χ1) is 8.10. The Morgan fingerprint density at radius 1 is 1.53 bits per heavy atom. The first kappa shape index (κ1) is 13.7. The van der Waals surface area contributed by atoms with Crippen molar-refractivity contribution < 1.29 is 4.39 Å². The molecule has 0 saturated carbocycles. The van der Waals surface area contributed by atoms with Gasteiger partial charge >= 0.3 is 0 Å². The van der Waals surface area contributed by atoms with Crippen LogP contribution in [0.4, 0.5) is 10.1 Å². The van der Waals surface area contributed by atoms with Gasteiger partial charge in [-0.1, -0.05) is 19.1 Å². The maximum Gasteiger partial charge on any atom is 0.146 e. The van der Waals surface area contributed by atoms with Crippen molar-refractivity contribution in [3.63, 3.8) is 0 Å². The fourth-order valence-electron chi connectivity index (χ4n) is 1.80. The van der Waals surface area contributed by atoms with Gasteiger partial charge in [-0.25, -0.2) is 4.39 Å². The van der Waals surface area contributed by atoms with E-state index in [0.29, 0.717) is 12.2 Å². The van der Waals surface area contributed by atoms with Crippen LogP contribution >= 0.6 is 0 Å². The van der Waals surface area contributed by atoms with Crippen molar-refractivity contribution >= 4 is 5.69 Å². The average molecular weight is 236 g/mol. The van der Waals surface area contributed by atoms with Gasteiger partial charge in [0.05, 0.1) is 5.69 Å². The molecule has 0 unspecified atom stereocenters. The highest BCUT2D eigenvalue weighted by Crippen LogP contribution is 2.23. The quantitative estimate of drug-likeness (QED) is 0.768. The summed E-state index contributed by atoms with van der Waals surface area (Å²) in [4.78, 5) is 1.98. The Kier molecular flexibility index (Phi) is 5.16. The lowest BCUT2D eigenvalue weighted by Crippen LogP contribution is -2.25. The SMILES string of the molecule is C=CCN(CCC)c1ccc([C@@H](C)N)cc1F. The molecule has 0 aromatic heterocycles. The summed E-state index contributed by atoms with van der Waals surface area (Å²) in [5.41, 5.74) is 7.17. The minimum atomic E-state index is -0.213. The van der Waals surface area contributed by atoms with E-state index in [1.165, 1.54) is 6.07 Å². The van der Waals surface area contributed by atoms with Crippen molar-refractivity contribution in [2.75, 3.05) is 18.0 Å². The highest BCUT2D eigenvalue weighted by atomic mass is 19.1. The lowest BCUT2D eigenvalue weighted by molar-refractivity contribution is 0.614. The van der Waals surface area contributed by atoms with E-state index in [0.717, 1.165) is 18.5 Å². The molecule has 0 aliphatic carbocycles. The first-order valence-corrected chi connectivity index (χ1v) is 6.01. The third kappa shape index (κ3) is 3.56. The number of benzene rings is 1. The zero-order valence-corrected chi connectivity index (χ0v) is 10.6. The van der Waals surface area contributed by atoms with Crippen LogP contribution in [0.5, 0.6) is 0 Å². The summed E-state index contributed by atoms with van der Waals surface area (Å²) in [5, 5.41) is 0. The predicted octanol–water partition coefficient (Wildman–Crippen LogP) is 3.25. The summed E-state index contributed by atoms with van der Waals surface area (Å²) in [6.07, 6.45) is 2.76. The summed E-state index contributed by atoms with van der Waals surface area (Å²) in [6.45, 7) is 9.10. The van der Waals surface area contributed by atoms with Gasteiger partial charge in [-0.05, 0) is 31.0 Å². The van der Waals surface area contributed by atoms with Crippen molar-refractivity contribution in [1.82, 2.24) is 0 Å². The fourth-order valence-corrected chi connectivity index (χ4v) is 1.80. The highest BCUT2D eigenvalue weighted by Gasteiger charge is 2.11. The van der Waals surface area contributed by atoms with Crippen LogP contribution in [0.3, 0.4) is 0 Å². The molecule has 2 nitrogen and oxygen atoms in total. The molecule has 0 amide bonds. The lowest BCUT2D eigenvalue weighted by atomic mass is 10.1. The third-order valence-corrected chi connectivity index (χ3v) is 2.68. The maximum absolute atomic E-state index is 14.0. The highest BCUT2D eigenvalue weighted by molar-refractivity contribution is 5.50. The van der Waals surface area contributed by atoms with Crippen LogP contribution < -0.4 is 10.6 Å². The maximum atomic E-state index is 14.0. The second-order valence-corrected chi connectivity index (χ2v) is 4.23. The van der Waals surface area contributed by atoms with Gasteiger partial charge in [0, 0.05) is 19.1 Å². The van der Waals surface area contributed by atoms with Gasteiger partial charge < -0.3 is 10.6 Å². The van der Waals surface area contributed by atoms with E-state index in [1.54, 1.807) is 12.1 Å². The second kappa shape index (κ2) is 6.40. The Morgan fingerprint density at radius 2 is 2.24 bits per heavy atom. The molecule has 0 saturated heterocycles. The molecular weight excluding hydrogens is 215 g/mol. The van der Waals surface area contributed by atoms with Gasteiger partial charge in [0.1, 0.15) is 5.82 Å². The predicted molar refractivity (Wildman–Crippen MR) is 71.7 cm³/mol. The van der Waals surface area contributed by atoms with E-state index in [9.17, 15) is 4.39 Å². The Bertz CT molecular complexity index is 374. The molecule has 3 heteroatoms. The molecule has 2 N–H and O–H groups in total. The number of nitrogens with two attached hydrogens (primary N) is 1. The zero-order valence-electron chi connectivity index (χ0n) is 10.6. The zero-order chi connectivity index (χ0) is 12.8. The molecule has 1 rings (SSSR count). The molecule has 0 aliphatic heterocycles. The summed E-state index contributed by atoms with van der Waals surface area (Å²) in [5.74, 6) is -0.213. The van der Waals surface area contributed by atoms with E-state index in [4.69, 9.17) is 5.73 Å². The molecule has 17 heavy (non-hydrogen) atoms. The Hall–Kier alpha value is -1.35. The number of anilines is 1. The Balaban J connectivity index is 2.99. The van der Waals surface area contributed by atoms with Crippen LogP contribution in [0.1, 0.15) is 31.9 Å². The molecule has 1 aromatic rings. The van der Waals surface area contributed by atoms with Crippen molar-refractivity contribution in [1.29, 1.82) is 0 Å². The summed E-state index contributed by atoms with van der Waals surface area (Å²) >= 11 is 0. The molecule has 1 atom stereocenters. The fraction of sp³-hybridized carbons (Fsp3) is 0.429. The average Bonchev–Trinajstić information content (AvgIpc) is 2.28. The molecule has 0 heterocycles. The number of rotatable bonds is 6. The van der Waals surface area contributed by atoms with Crippen molar-refractivity contribution in [3.05, 3.63) is 42.2 Å². The van der Waals surface area contributed by atoms with Crippen LogP contribution in [0.25, 0.3) is 0 Å². The molecule has 0 radical (unpaired) electrons. The molecule has 0 fully saturated rings. The summed E-state index contributed by atoms with van der Waals surface area (Å²) < 4.78 is 14.0. The minimum absolute atomic E-state index is 0.141. The topological polar surface area (TPSA) is 29.3 Å². The van der Waals surface area contributed by atoms with E-state index in [1.807, 2.05) is 17.9 Å². The van der Waals surface area contributed by atoms with Gasteiger partial charge in [0.15, 0.2) is 0 Å². The smallest absolute Gasteiger partial charge is 0.146 e. The van der Waals surface area contributed by atoms with E-state index in [-0.39, 0.29) is 11.9 Å². The Labute approximate surface area is 103 Å². The van der Waals surface area contributed by atoms with Crippen LogP contribution in [0, 0.1) is 5.82 Å². The van der Waals surface area contributed by atoms with E-state index in [2.05, 4.69) is 13.5 Å². The van der Waals surface area contributed by atoms with E-state index >= 15 is 0 Å². The molecule has 1 aromatic carbocycles. The van der Waals surface area contributed by atoms with Crippen molar-refractivity contribution in [2.24, 2.45) is 5.73 Å². The minimum Gasteiger partial charge on any atom is -0.365 e. The normalized spacial score (nSPS) is 12.2. The van der Waals surface area contributed by atoms with Gasteiger partial charge in [0.25, 0.3) is 0 Å². The molecule has 0 spiro atoms. The van der Waals surface area contributed by atoms with Crippen LogP contribution in [0.15, 0.2) is 30.9 Å². The number of nitrogens with zero attached hydrogens (tertiary/aromatic N) is 1. The van der Waals surface area contributed by atoms with Gasteiger partial charge in [0.2, 0.25) is 0 Å². The van der Waals surface area contributed by atoms with Crippen LogP contribution in [-0.2, 0) is 0 Å². The first-order valence-electron chi connectivity index (χ1n) is 6.01. The van der Waals surface area contributed by atoms with Crippen molar-refractivity contribution in [2.45, 2.75) is 26.3 Å². The third-order valence-electron chi connectivity index (χ3n) is 2.68. The Morgan fingerprint density at radius 3 is 2.71 bits per heavy atom. The number of hydrogen-bond acceptors (Lipinski definition) is 2. The van der Waals surface area contributed by atoms with Gasteiger partial charge in [-0.15, -0.1) is 6.58 Å². The van der Waals surface area contributed by atoms with Crippen molar-refractivity contribution in [3.8, 4) is 0 Å². The summed E-state index contributed by atoms with van der Waals surface area (Å²) in [7, 11) is 0. The standard InChI is InChI=1S/C14H21FN2/c1-4-8-17(9-5-2)14-7-6-12(11(3)16)10-13(14)15/h4,6-7,10-11H,1,5,8-9,16H2,2-3H3/t11-/m1/s1. The van der Waals surface area contributed by atoms with Crippen LogP contribution in [0.2, 0.25) is 0 Å². The lowest BCUT2D eigenvalue weighted by Gasteiger charge is -2.23. The number of halogens is 1. The molecule has 0 bridgehead atoms. The van der Waals surface area contributed by atoms with E-state index < -0.39 is 0 Å². The van der Waals surface area contributed by atoms with Crippen LogP contribution in [-0.4, -0.2) is 13.1 Å². The second-order valence-electron chi connectivity index (χ2n) is 4.23.